The summed E-state index contributed by atoms with van der Waals surface area (Å²) in [6, 6.07) is 14.5. The number of amides is 2. The van der Waals surface area contributed by atoms with E-state index in [9.17, 15) is 9.59 Å². The number of aromatic amines is 1. The van der Waals surface area contributed by atoms with E-state index in [0.717, 1.165) is 58.5 Å². The van der Waals surface area contributed by atoms with E-state index < -0.39 is 0 Å². The molecule has 1 aromatic heterocycles. The summed E-state index contributed by atoms with van der Waals surface area (Å²) in [5.41, 5.74) is 7.95. The number of H-pyrrole nitrogens is 1. The molecule has 3 N–H and O–H groups in total. The second-order valence-electron chi connectivity index (χ2n) is 9.38. The van der Waals surface area contributed by atoms with Crippen molar-refractivity contribution >= 4 is 40.9 Å². The summed E-state index contributed by atoms with van der Waals surface area (Å²) in [7, 11) is 0. The summed E-state index contributed by atoms with van der Waals surface area (Å²) in [5, 5.41) is 6.02. The molecule has 7 heteroatoms. The minimum Gasteiger partial charge on any atom is -0.358 e. The Labute approximate surface area is 223 Å². The first kappa shape index (κ1) is 26.8. The van der Waals surface area contributed by atoms with Crippen LogP contribution in [0.3, 0.4) is 0 Å². The number of aryl methyl sites for hydroxylation is 2. The predicted molar refractivity (Wildman–Crippen MR) is 154 cm³/mol. The van der Waals surface area contributed by atoms with E-state index in [2.05, 4.69) is 77.7 Å². The van der Waals surface area contributed by atoms with Gasteiger partial charge in [-0.15, -0.1) is 11.8 Å². The monoisotopic (exact) mass is 516 g/mol. The summed E-state index contributed by atoms with van der Waals surface area (Å²) >= 11 is 1.76. The van der Waals surface area contributed by atoms with Crippen molar-refractivity contribution in [1.82, 2.24) is 15.2 Å². The summed E-state index contributed by atoms with van der Waals surface area (Å²) in [5.74, 6) is 0.648. The lowest BCUT2D eigenvalue weighted by Crippen LogP contribution is -2.35. The second kappa shape index (κ2) is 11.8. The lowest BCUT2D eigenvalue weighted by Gasteiger charge is -2.18. The van der Waals surface area contributed by atoms with E-state index in [1.807, 2.05) is 26.0 Å². The van der Waals surface area contributed by atoms with Gasteiger partial charge in [-0.1, -0.05) is 38.1 Å². The Kier molecular flexibility index (Phi) is 8.56. The molecule has 37 heavy (non-hydrogen) atoms. The Balaban J connectivity index is 1.54. The van der Waals surface area contributed by atoms with Gasteiger partial charge in [-0.2, -0.15) is 0 Å². The van der Waals surface area contributed by atoms with Gasteiger partial charge >= 0.3 is 0 Å². The number of carbonyl (C=O) groups excluding carboxylic acids is 2. The zero-order chi connectivity index (χ0) is 26.5. The summed E-state index contributed by atoms with van der Waals surface area (Å²) in [4.78, 5) is 32.6. The third kappa shape index (κ3) is 6.00. The maximum absolute atomic E-state index is 13.0. The molecule has 0 radical (unpaired) electrons. The van der Waals surface area contributed by atoms with Gasteiger partial charge in [-0.05, 0) is 74.8 Å². The van der Waals surface area contributed by atoms with Crippen molar-refractivity contribution in [2.45, 2.75) is 45.3 Å². The number of nitrogens with zero attached hydrogens (tertiary/aromatic N) is 1. The molecule has 0 fully saturated rings. The van der Waals surface area contributed by atoms with Crippen molar-refractivity contribution in [2.24, 2.45) is 0 Å². The Hall–Kier alpha value is -3.29. The number of thioether (sulfide) groups is 1. The molecule has 4 rings (SSSR count). The van der Waals surface area contributed by atoms with Crippen molar-refractivity contribution in [3.05, 3.63) is 81.7 Å². The van der Waals surface area contributed by atoms with Crippen LogP contribution in [0.4, 0.5) is 5.69 Å². The molecule has 2 amide bonds. The summed E-state index contributed by atoms with van der Waals surface area (Å²) < 4.78 is 0. The van der Waals surface area contributed by atoms with Crippen molar-refractivity contribution in [1.29, 1.82) is 0 Å². The van der Waals surface area contributed by atoms with Crippen LogP contribution < -0.4 is 10.6 Å². The van der Waals surface area contributed by atoms with E-state index >= 15 is 0 Å². The standard InChI is InChI=1S/C30H36N4O2S/c1-6-34(7-2)15-14-31-30(36)28-20(4)27(32-21(28)5)17-25-24-16-23(12-13-26(24)33-29(25)35)37-18-22-11-9-8-10-19(22)3/h8-13,16-17,32H,6-7,14-15,18H2,1-5H3,(H,31,36)(H,33,35)/b25-17-. The number of likely N-dealkylation sites (N-methyl/N-ethyl adjacent to an activating group) is 1. The zero-order valence-corrected chi connectivity index (χ0v) is 23.1. The minimum atomic E-state index is -0.132. The number of anilines is 1. The molecule has 0 aliphatic carbocycles. The van der Waals surface area contributed by atoms with Crippen LogP contribution in [0.2, 0.25) is 0 Å². The molecule has 1 aliphatic heterocycles. The first-order valence-corrected chi connectivity index (χ1v) is 13.8. The fraction of sp³-hybridized carbons (Fsp3) is 0.333. The zero-order valence-electron chi connectivity index (χ0n) is 22.3. The lowest BCUT2D eigenvalue weighted by molar-refractivity contribution is -0.110. The quantitative estimate of drug-likeness (QED) is 0.235. The molecule has 0 spiro atoms. The third-order valence-corrected chi connectivity index (χ3v) is 8.07. The SMILES string of the molecule is CCN(CC)CCNC(=O)c1c(C)[nH]c(/C=C2\C(=O)Nc3ccc(SCc4ccccc4C)cc32)c1C. The Morgan fingerprint density at radius 2 is 1.84 bits per heavy atom. The Bertz CT molecular complexity index is 1340. The molecule has 2 aromatic carbocycles. The highest BCUT2D eigenvalue weighted by atomic mass is 32.2. The minimum absolute atomic E-state index is 0.0887. The van der Waals surface area contributed by atoms with E-state index in [4.69, 9.17) is 0 Å². The number of benzene rings is 2. The van der Waals surface area contributed by atoms with Crippen molar-refractivity contribution in [3.63, 3.8) is 0 Å². The number of aromatic nitrogens is 1. The van der Waals surface area contributed by atoms with Crippen LogP contribution in [0, 0.1) is 20.8 Å². The number of rotatable bonds is 10. The van der Waals surface area contributed by atoms with Gasteiger partial charge in [0.15, 0.2) is 0 Å². The van der Waals surface area contributed by atoms with Gasteiger partial charge in [-0.3, -0.25) is 9.59 Å². The lowest BCUT2D eigenvalue weighted by atomic mass is 10.0. The van der Waals surface area contributed by atoms with Crippen molar-refractivity contribution in [3.8, 4) is 0 Å². The van der Waals surface area contributed by atoms with Crippen molar-refractivity contribution < 1.29 is 9.59 Å². The number of carbonyl (C=O) groups is 2. The molecule has 0 saturated carbocycles. The molecule has 2 heterocycles. The average molecular weight is 517 g/mol. The topological polar surface area (TPSA) is 77.2 Å². The maximum Gasteiger partial charge on any atom is 0.256 e. The largest absolute Gasteiger partial charge is 0.358 e. The first-order valence-electron chi connectivity index (χ1n) is 12.9. The Morgan fingerprint density at radius 1 is 1.08 bits per heavy atom. The van der Waals surface area contributed by atoms with Gasteiger partial charge < -0.3 is 20.5 Å². The molecule has 6 nitrogen and oxygen atoms in total. The number of hydrogen-bond donors (Lipinski definition) is 3. The summed E-state index contributed by atoms with van der Waals surface area (Å²) in [6.07, 6.45) is 1.87. The first-order chi connectivity index (χ1) is 17.8. The van der Waals surface area contributed by atoms with Gasteiger partial charge in [0.05, 0.1) is 11.1 Å². The molecular weight excluding hydrogens is 480 g/mol. The summed E-state index contributed by atoms with van der Waals surface area (Å²) in [6.45, 7) is 13.5. The van der Waals surface area contributed by atoms with Crippen LogP contribution in [0.25, 0.3) is 11.6 Å². The molecular formula is C30H36N4O2S. The Morgan fingerprint density at radius 3 is 2.57 bits per heavy atom. The molecule has 0 atom stereocenters. The fourth-order valence-electron chi connectivity index (χ4n) is 4.69. The molecule has 0 bridgehead atoms. The van der Waals surface area contributed by atoms with Gasteiger partial charge in [0.1, 0.15) is 0 Å². The van der Waals surface area contributed by atoms with Crippen LogP contribution in [-0.4, -0.2) is 47.9 Å². The van der Waals surface area contributed by atoms with E-state index in [-0.39, 0.29) is 11.8 Å². The highest BCUT2D eigenvalue weighted by Crippen LogP contribution is 2.37. The molecule has 0 unspecified atom stereocenters. The van der Waals surface area contributed by atoms with Crippen LogP contribution in [0.15, 0.2) is 47.4 Å². The van der Waals surface area contributed by atoms with Gasteiger partial charge in [-0.25, -0.2) is 0 Å². The molecule has 3 aromatic rings. The highest BCUT2D eigenvalue weighted by molar-refractivity contribution is 7.98. The number of nitrogens with one attached hydrogen (secondary N) is 3. The van der Waals surface area contributed by atoms with E-state index in [1.54, 1.807) is 11.8 Å². The predicted octanol–water partition coefficient (Wildman–Crippen LogP) is 5.80. The number of fused-ring (bicyclic) bond motifs is 1. The van der Waals surface area contributed by atoms with E-state index in [1.165, 1.54) is 11.1 Å². The van der Waals surface area contributed by atoms with E-state index in [0.29, 0.717) is 17.7 Å². The van der Waals surface area contributed by atoms with Crippen LogP contribution >= 0.6 is 11.8 Å². The molecule has 194 valence electrons. The van der Waals surface area contributed by atoms with Crippen LogP contribution in [0.1, 0.15) is 57.8 Å². The second-order valence-corrected chi connectivity index (χ2v) is 10.4. The van der Waals surface area contributed by atoms with Gasteiger partial charge in [0.25, 0.3) is 11.8 Å². The number of hydrogen-bond acceptors (Lipinski definition) is 4. The fourth-order valence-corrected chi connectivity index (χ4v) is 5.70. The molecule has 1 aliphatic rings. The maximum atomic E-state index is 13.0. The smallest absolute Gasteiger partial charge is 0.256 e. The van der Waals surface area contributed by atoms with Crippen molar-refractivity contribution in [2.75, 3.05) is 31.5 Å². The van der Waals surface area contributed by atoms with Crippen LogP contribution in [0.5, 0.6) is 0 Å². The molecule has 0 saturated heterocycles. The third-order valence-electron chi connectivity index (χ3n) is 7.03. The average Bonchev–Trinajstić information content (AvgIpc) is 3.35. The van der Waals surface area contributed by atoms with Gasteiger partial charge in [0.2, 0.25) is 0 Å². The normalized spacial score (nSPS) is 13.8. The highest BCUT2D eigenvalue weighted by Gasteiger charge is 2.26. The van der Waals surface area contributed by atoms with Gasteiger partial charge in [0, 0.05) is 46.4 Å². The van der Waals surface area contributed by atoms with Crippen LogP contribution in [-0.2, 0) is 10.5 Å².